The number of unbranched alkanes of at least 4 members (excludes halogenated alkanes) is 4. The molecule has 1 N–H and O–H groups in total. The van der Waals surface area contributed by atoms with Gasteiger partial charge in [0.05, 0.1) is 10.6 Å². The van der Waals surface area contributed by atoms with Crippen molar-refractivity contribution in [2.75, 3.05) is 6.61 Å². The lowest BCUT2D eigenvalue weighted by Crippen LogP contribution is -2.10. The van der Waals surface area contributed by atoms with Crippen molar-refractivity contribution >= 4 is 15.9 Å². The monoisotopic (exact) mass is 354 g/mol. The molecule has 3 heteroatoms. The first-order valence-corrected chi connectivity index (χ1v) is 8.66. The Morgan fingerprint density at radius 3 is 2.71 bits per heavy atom. The molecule has 0 heterocycles. The van der Waals surface area contributed by atoms with E-state index in [1.54, 1.807) is 6.08 Å². The van der Waals surface area contributed by atoms with Crippen LogP contribution in [0.3, 0.4) is 0 Å². The molecule has 0 fully saturated rings. The van der Waals surface area contributed by atoms with E-state index in [-0.39, 0.29) is 6.10 Å². The minimum Gasteiger partial charge on any atom is -0.488 e. The van der Waals surface area contributed by atoms with E-state index in [4.69, 9.17) is 4.74 Å². The van der Waals surface area contributed by atoms with Gasteiger partial charge >= 0.3 is 0 Å². The number of aliphatic hydroxyl groups is 1. The van der Waals surface area contributed by atoms with Crippen LogP contribution in [0.15, 0.2) is 35.3 Å². The SMILES string of the molecule is C=CCOc1ccc(CC(O)CCCCCCC)cc1Br. The van der Waals surface area contributed by atoms with E-state index in [1.807, 2.05) is 18.2 Å². The molecule has 21 heavy (non-hydrogen) atoms. The second kappa shape index (κ2) is 10.9. The van der Waals surface area contributed by atoms with Crippen LogP contribution in [0.4, 0.5) is 0 Å². The van der Waals surface area contributed by atoms with E-state index < -0.39 is 0 Å². The minimum absolute atomic E-state index is 0.251. The summed E-state index contributed by atoms with van der Waals surface area (Å²) in [5.74, 6) is 0.813. The van der Waals surface area contributed by atoms with Crippen LogP contribution in [0, 0.1) is 0 Å². The summed E-state index contributed by atoms with van der Waals surface area (Å²) in [6, 6.07) is 5.99. The van der Waals surface area contributed by atoms with Gasteiger partial charge in [0.25, 0.3) is 0 Å². The van der Waals surface area contributed by atoms with Gasteiger partial charge in [0, 0.05) is 0 Å². The van der Waals surface area contributed by atoms with E-state index in [9.17, 15) is 5.11 Å². The summed E-state index contributed by atoms with van der Waals surface area (Å²) in [7, 11) is 0. The molecule has 0 spiro atoms. The number of aliphatic hydroxyl groups excluding tert-OH is 1. The first-order valence-electron chi connectivity index (χ1n) is 7.87. The van der Waals surface area contributed by atoms with Gasteiger partial charge in [-0.2, -0.15) is 0 Å². The molecular formula is C18H27BrO2. The fraction of sp³-hybridized carbons (Fsp3) is 0.556. The number of ether oxygens (including phenoxy) is 1. The zero-order valence-corrected chi connectivity index (χ0v) is 14.6. The third-order valence-corrected chi connectivity index (χ3v) is 4.08. The average Bonchev–Trinajstić information content (AvgIpc) is 2.46. The largest absolute Gasteiger partial charge is 0.488 e. The molecule has 118 valence electrons. The van der Waals surface area contributed by atoms with E-state index in [1.165, 1.54) is 25.7 Å². The van der Waals surface area contributed by atoms with Crippen LogP contribution in [-0.4, -0.2) is 17.8 Å². The molecule has 0 saturated heterocycles. The number of halogens is 1. The Morgan fingerprint density at radius 1 is 1.29 bits per heavy atom. The molecule has 0 aliphatic carbocycles. The Morgan fingerprint density at radius 2 is 2.05 bits per heavy atom. The molecule has 0 radical (unpaired) electrons. The van der Waals surface area contributed by atoms with Crippen LogP contribution >= 0.6 is 15.9 Å². The molecular weight excluding hydrogens is 328 g/mol. The van der Waals surface area contributed by atoms with Crippen LogP contribution in [0.2, 0.25) is 0 Å². The van der Waals surface area contributed by atoms with Crippen molar-refractivity contribution in [2.24, 2.45) is 0 Å². The number of benzene rings is 1. The maximum absolute atomic E-state index is 10.1. The molecule has 1 aromatic rings. The summed E-state index contributed by atoms with van der Waals surface area (Å²) in [5, 5.41) is 10.1. The predicted molar refractivity (Wildman–Crippen MR) is 92.9 cm³/mol. The van der Waals surface area contributed by atoms with Gasteiger partial charge < -0.3 is 9.84 Å². The average molecular weight is 355 g/mol. The summed E-state index contributed by atoms with van der Waals surface area (Å²) in [5.41, 5.74) is 1.13. The molecule has 1 aromatic carbocycles. The van der Waals surface area contributed by atoms with Crippen LogP contribution in [-0.2, 0) is 6.42 Å². The summed E-state index contributed by atoms with van der Waals surface area (Å²) >= 11 is 3.51. The van der Waals surface area contributed by atoms with Crippen molar-refractivity contribution in [3.8, 4) is 5.75 Å². The van der Waals surface area contributed by atoms with E-state index in [0.717, 1.165) is 28.6 Å². The van der Waals surface area contributed by atoms with Gasteiger partial charge in [0.2, 0.25) is 0 Å². The molecule has 0 amide bonds. The Bertz CT molecular complexity index is 418. The van der Waals surface area contributed by atoms with Crippen LogP contribution in [0.25, 0.3) is 0 Å². The van der Waals surface area contributed by atoms with Gasteiger partial charge in [-0.1, -0.05) is 57.7 Å². The Labute approximate surface area is 137 Å². The van der Waals surface area contributed by atoms with Crippen molar-refractivity contribution in [2.45, 2.75) is 58.0 Å². The quantitative estimate of drug-likeness (QED) is 0.432. The fourth-order valence-corrected chi connectivity index (χ4v) is 2.84. The lowest BCUT2D eigenvalue weighted by Gasteiger charge is -2.12. The normalized spacial score (nSPS) is 12.1. The van der Waals surface area contributed by atoms with Crippen LogP contribution in [0.5, 0.6) is 5.75 Å². The number of rotatable bonds is 11. The highest BCUT2D eigenvalue weighted by molar-refractivity contribution is 9.10. The molecule has 0 saturated carbocycles. The van der Waals surface area contributed by atoms with Crippen molar-refractivity contribution in [1.29, 1.82) is 0 Å². The summed E-state index contributed by atoms with van der Waals surface area (Å²) < 4.78 is 6.45. The van der Waals surface area contributed by atoms with Gasteiger partial charge in [-0.15, -0.1) is 0 Å². The zero-order valence-electron chi connectivity index (χ0n) is 13.0. The number of hydrogen-bond donors (Lipinski definition) is 1. The van der Waals surface area contributed by atoms with Crippen molar-refractivity contribution < 1.29 is 9.84 Å². The highest BCUT2D eigenvalue weighted by Crippen LogP contribution is 2.27. The molecule has 1 atom stereocenters. The Hall–Kier alpha value is -0.800. The molecule has 0 aliphatic rings. The Balaban J connectivity index is 2.36. The Kier molecular flexibility index (Phi) is 9.44. The minimum atomic E-state index is -0.251. The van der Waals surface area contributed by atoms with Gasteiger partial charge in [-0.05, 0) is 46.5 Å². The number of hydrogen-bond acceptors (Lipinski definition) is 2. The maximum atomic E-state index is 10.1. The molecule has 1 unspecified atom stereocenters. The van der Waals surface area contributed by atoms with Crippen molar-refractivity contribution in [1.82, 2.24) is 0 Å². The molecule has 1 rings (SSSR count). The van der Waals surface area contributed by atoms with Gasteiger partial charge in [0.1, 0.15) is 12.4 Å². The van der Waals surface area contributed by atoms with E-state index >= 15 is 0 Å². The van der Waals surface area contributed by atoms with Crippen molar-refractivity contribution in [3.63, 3.8) is 0 Å². The molecule has 0 aromatic heterocycles. The summed E-state index contributed by atoms with van der Waals surface area (Å²) in [4.78, 5) is 0. The van der Waals surface area contributed by atoms with Crippen molar-refractivity contribution in [3.05, 3.63) is 40.9 Å². The van der Waals surface area contributed by atoms with E-state index in [0.29, 0.717) is 13.0 Å². The predicted octanol–water partition coefficient (Wildman–Crippen LogP) is 5.28. The van der Waals surface area contributed by atoms with Crippen LogP contribution < -0.4 is 4.74 Å². The maximum Gasteiger partial charge on any atom is 0.133 e. The smallest absolute Gasteiger partial charge is 0.133 e. The summed E-state index contributed by atoms with van der Waals surface area (Å²) in [6.45, 7) is 6.35. The third kappa shape index (κ3) is 7.68. The highest BCUT2D eigenvalue weighted by atomic mass is 79.9. The second-order valence-electron chi connectivity index (χ2n) is 5.43. The lowest BCUT2D eigenvalue weighted by molar-refractivity contribution is 0.161. The van der Waals surface area contributed by atoms with Crippen LogP contribution in [0.1, 0.15) is 51.0 Å². The second-order valence-corrected chi connectivity index (χ2v) is 6.28. The standard InChI is InChI=1S/C18H27BrO2/c1-3-5-6-7-8-9-16(20)13-15-10-11-18(17(19)14-15)21-12-4-2/h4,10-11,14,16,20H,2-3,5-9,12-13H2,1H3. The van der Waals surface area contributed by atoms with E-state index in [2.05, 4.69) is 29.4 Å². The molecule has 2 nitrogen and oxygen atoms in total. The first-order chi connectivity index (χ1) is 10.2. The zero-order chi connectivity index (χ0) is 15.5. The molecule has 0 bridgehead atoms. The molecule has 0 aliphatic heterocycles. The highest BCUT2D eigenvalue weighted by Gasteiger charge is 2.08. The third-order valence-electron chi connectivity index (χ3n) is 3.47. The topological polar surface area (TPSA) is 29.5 Å². The first kappa shape index (κ1) is 18.2. The lowest BCUT2D eigenvalue weighted by atomic mass is 10.0. The van der Waals surface area contributed by atoms with Gasteiger partial charge in [-0.25, -0.2) is 0 Å². The summed E-state index contributed by atoms with van der Waals surface area (Å²) in [6.07, 6.45) is 9.24. The van der Waals surface area contributed by atoms with Gasteiger partial charge in [-0.3, -0.25) is 0 Å². The van der Waals surface area contributed by atoms with Gasteiger partial charge in [0.15, 0.2) is 0 Å². The fourth-order valence-electron chi connectivity index (χ4n) is 2.29.